The van der Waals surface area contributed by atoms with Gasteiger partial charge in [-0.25, -0.2) is 0 Å². The fraction of sp³-hybridized carbons (Fsp3) is 0.833. The minimum Gasteiger partial charge on any atom is -0.395 e. The number of rotatable bonds is 5. The van der Waals surface area contributed by atoms with Gasteiger partial charge in [0.2, 0.25) is 0 Å². The van der Waals surface area contributed by atoms with Crippen LogP contribution in [0.1, 0.15) is 39.5 Å². The number of aliphatic hydroxyl groups excluding tert-OH is 1. The second-order valence-corrected chi connectivity index (χ2v) is 4.56. The van der Waals surface area contributed by atoms with Crippen LogP contribution >= 0.6 is 0 Å². The van der Waals surface area contributed by atoms with Crippen molar-refractivity contribution in [3.8, 4) is 0 Å². The van der Waals surface area contributed by atoms with Gasteiger partial charge in [0.05, 0.1) is 6.61 Å². The Morgan fingerprint density at radius 3 is 2.79 bits per heavy atom. The second-order valence-electron chi connectivity index (χ2n) is 4.56. The third-order valence-corrected chi connectivity index (χ3v) is 2.73. The lowest BCUT2D eigenvalue weighted by atomic mass is 9.90. The molecular formula is C12H23NO. The summed E-state index contributed by atoms with van der Waals surface area (Å²) in [4.78, 5) is 0. The Morgan fingerprint density at radius 1 is 1.50 bits per heavy atom. The van der Waals surface area contributed by atoms with Crippen LogP contribution in [0.25, 0.3) is 0 Å². The van der Waals surface area contributed by atoms with Crippen LogP contribution in [0.3, 0.4) is 0 Å². The van der Waals surface area contributed by atoms with Gasteiger partial charge in [-0.1, -0.05) is 26.0 Å². The van der Waals surface area contributed by atoms with Gasteiger partial charge in [-0.05, 0) is 31.6 Å². The standard InChI is InChI=1S/C12H23NO/c1-10(2)13-12(9-14)8-11-6-4-3-5-7-11/h4,6,10-14H,3,5,7-9H2,1-2H3. The Labute approximate surface area is 87.4 Å². The van der Waals surface area contributed by atoms with Crippen LogP contribution in [0.4, 0.5) is 0 Å². The maximum Gasteiger partial charge on any atom is 0.0584 e. The van der Waals surface area contributed by atoms with Crippen LogP contribution < -0.4 is 5.32 Å². The first-order valence-electron chi connectivity index (χ1n) is 5.76. The molecule has 2 N–H and O–H groups in total. The molecule has 2 unspecified atom stereocenters. The maximum absolute atomic E-state index is 9.22. The van der Waals surface area contributed by atoms with E-state index >= 15 is 0 Å². The van der Waals surface area contributed by atoms with Crippen LogP contribution in [-0.2, 0) is 0 Å². The molecule has 1 aliphatic rings. The van der Waals surface area contributed by atoms with Gasteiger partial charge in [-0.3, -0.25) is 0 Å². The minimum absolute atomic E-state index is 0.253. The number of hydrogen-bond donors (Lipinski definition) is 2. The molecule has 0 aliphatic heterocycles. The monoisotopic (exact) mass is 197 g/mol. The van der Waals surface area contributed by atoms with Gasteiger partial charge in [-0.2, -0.15) is 0 Å². The molecule has 82 valence electrons. The van der Waals surface area contributed by atoms with Crippen LogP contribution in [-0.4, -0.2) is 23.8 Å². The normalized spacial score (nSPS) is 24.1. The van der Waals surface area contributed by atoms with E-state index in [1.807, 2.05) is 0 Å². The smallest absolute Gasteiger partial charge is 0.0584 e. The van der Waals surface area contributed by atoms with Crippen LogP contribution in [0.2, 0.25) is 0 Å². The van der Waals surface area contributed by atoms with Crippen molar-refractivity contribution in [2.24, 2.45) is 5.92 Å². The SMILES string of the molecule is CC(C)NC(CO)CC1C=CCCC1. The van der Waals surface area contributed by atoms with E-state index in [9.17, 15) is 5.11 Å². The highest BCUT2D eigenvalue weighted by atomic mass is 16.3. The van der Waals surface area contributed by atoms with Gasteiger partial charge in [0.15, 0.2) is 0 Å². The third-order valence-electron chi connectivity index (χ3n) is 2.73. The number of hydrogen-bond acceptors (Lipinski definition) is 2. The quantitative estimate of drug-likeness (QED) is 0.661. The van der Waals surface area contributed by atoms with Crippen molar-refractivity contribution < 1.29 is 5.11 Å². The van der Waals surface area contributed by atoms with E-state index in [-0.39, 0.29) is 12.6 Å². The molecule has 0 aromatic heterocycles. The van der Waals surface area contributed by atoms with E-state index in [0.717, 1.165) is 6.42 Å². The summed E-state index contributed by atoms with van der Waals surface area (Å²) < 4.78 is 0. The Kier molecular flexibility index (Phi) is 5.20. The predicted octanol–water partition coefficient (Wildman–Crippen LogP) is 2.09. The van der Waals surface area contributed by atoms with E-state index in [1.165, 1.54) is 19.3 Å². The molecule has 0 aromatic carbocycles. The van der Waals surface area contributed by atoms with Gasteiger partial charge in [-0.15, -0.1) is 0 Å². The molecule has 2 nitrogen and oxygen atoms in total. The third kappa shape index (κ3) is 4.25. The number of nitrogens with one attached hydrogen (secondary N) is 1. The van der Waals surface area contributed by atoms with E-state index in [2.05, 4.69) is 31.3 Å². The van der Waals surface area contributed by atoms with Crippen molar-refractivity contribution in [1.82, 2.24) is 5.32 Å². The molecule has 0 radical (unpaired) electrons. The molecule has 0 fully saturated rings. The summed E-state index contributed by atoms with van der Waals surface area (Å²) in [7, 11) is 0. The molecule has 1 rings (SSSR count). The average molecular weight is 197 g/mol. The molecule has 0 saturated carbocycles. The fourth-order valence-electron chi connectivity index (χ4n) is 2.11. The molecular weight excluding hydrogens is 174 g/mol. The average Bonchev–Trinajstić information content (AvgIpc) is 2.17. The van der Waals surface area contributed by atoms with Crippen LogP contribution in [0, 0.1) is 5.92 Å². The summed E-state index contributed by atoms with van der Waals surface area (Å²) >= 11 is 0. The molecule has 0 amide bonds. The molecule has 0 spiro atoms. The first-order chi connectivity index (χ1) is 6.72. The second kappa shape index (κ2) is 6.20. The largest absolute Gasteiger partial charge is 0.395 e. The molecule has 0 aromatic rings. The van der Waals surface area contributed by atoms with Crippen molar-refractivity contribution >= 4 is 0 Å². The summed E-state index contributed by atoms with van der Waals surface area (Å²) in [6.45, 7) is 4.50. The maximum atomic E-state index is 9.22. The molecule has 1 aliphatic carbocycles. The first kappa shape index (κ1) is 11.7. The van der Waals surface area contributed by atoms with E-state index in [1.54, 1.807) is 0 Å². The Balaban J connectivity index is 2.31. The molecule has 0 heterocycles. The molecule has 2 atom stereocenters. The van der Waals surface area contributed by atoms with Crippen molar-refractivity contribution in [1.29, 1.82) is 0 Å². The van der Waals surface area contributed by atoms with Gasteiger partial charge >= 0.3 is 0 Å². The lowest BCUT2D eigenvalue weighted by Crippen LogP contribution is -2.38. The summed E-state index contributed by atoms with van der Waals surface area (Å²) in [5.74, 6) is 0.673. The minimum atomic E-state index is 0.253. The Bertz CT molecular complexity index is 177. The van der Waals surface area contributed by atoms with E-state index in [4.69, 9.17) is 0 Å². The summed E-state index contributed by atoms with van der Waals surface area (Å²) in [6, 6.07) is 0.725. The van der Waals surface area contributed by atoms with Crippen molar-refractivity contribution in [2.45, 2.75) is 51.6 Å². The zero-order valence-electron chi connectivity index (χ0n) is 9.37. The number of aliphatic hydroxyl groups is 1. The molecule has 14 heavy (non-hydrogen) atoms. The Hall–Kier alpha value is -0.340. The lowest BCUT2D eigenvalue weighted by Gasteiger charge is -2.24. The highest BCUT2D eigenvalue weighted by molar-refractivity contribution is 4.94. The van der Waals surface area contributed by atoms with Gasteiger partial charge in [0.25, 0.3) is 0 Å². The van der Waals surface area contributed by atoms with Gasteiger partial charge in [0, 0.05) is 12.1 Å². The van der Waals surface area contributed by atoms with Crippen molar-refractivity contribution in [3.63, 3.8) is 0 Å². The highest BCUT2D eigenvalue weighted by Crippen LogP contribution is 2.21. The topological polar surface area (TPSA) is 32.3 Å². The van der Waals surface area contributed by atoms with Gasteiger partial charge < -0.3 is 10.4 Å². The zero-order valence-corrected chi connectivity index (χ0v) is 9.37. The zero-order chi connectivity index (χ0) is 10.4. The molecule has 0 bridgehead atoms. The Morgan fingerprint density at radius 2 is 2.29 bits per heavy atom. The fourth-order valence-corrected chi connectivity index (χ4v) is 2.11. The van der Waals surface area contributed by atoms with Crippen LogP contribution in [0.5, 0.6) is 0 Å². The molecule has 2 heteroatoms. The number of allylic oxidation sites excluding steroid dienone is 2. The van der Waals surface area contributed by atoms with Crippen LogP contribution in [0.15, 0.2) is 12.2 Å². The lowest BCUT2D eigenvalue weighted by molar-refractivity contribution is 0.215. The summed E-state index contributed by atoms with van der Waals surface area (Å²) in [5, 5.41) is 12.6. The summed E-state index contributed by atoms with van der Waals surface area (Å²) in [5.41, 5.74) is 0. The predicted molar refractivity (Wildman–Crippen MR) is 60.2 cm³/mol. The highest BCUT2D eigenvalue weighted by Gasteiger charge is 2.15. The first-order valence-corrected chi connectivity index (χ1v) is 5.76. The van der Waals surface area contributed by atoms with Crippen molar-refractivity contribution in [3.05, 3.63) is 12.2 Å². The molecule has 0 saturated heterocycles. The van der Waals surface area contributed by atoms with E-state index in [0.29, 0.717) is 12.0 Å². The van der Waals surface area contributed by atoms with Gasteiger partial charge in [0.1, 0.15) is 0 Å². The van der Waals surface area contributed by atoms with Crippen molar-refractivity contribution in [2.75, 3.05) is 6.61 Å². The van der Waals surface area contributed by atoms with E-state index < -0.39 is 0 Å². The summed E-state index contributed by atoms with van der Waals surface area (Å²) in [6.07, 6.45) is 9.49.